The van der Waals surface area contributed by atoms with Crippen LogP contribution in [-0.2, 0) is 0 Å². The molecular weight excluding hydrogens is 234 g/mol. The van der Waals surface area contributed by atoms with E-state index in [0.717, 1.165) is 24.3 Å². The Labute approximate surface area is 106 Å². The summed E-state index contributed by atoms with van der Waals surface area (Å²) in [7, 11) is 0. The maximum Gasteiger partial charge on any atom is 0.161 e. The molecule has 0 aliphatic rings. The van der Waals surface area contributed by atoms with Crippen LogP contribution in [-0.4, -0.2) is 16.5 Å². The van der Waals surface area contributed by atoms with E-state index in [9.17, 15) is 0 Å². The number of benzene rings is 1. The minimum atomic E-state index is 0.711. The highest BCUT2D eigenvalue weighted by atomic mass is 35.5. The predicted molar refractivity (Wildman–Crippen MR) is 71.3 cm³/mol. The van der Waals surface area contributed by atoms with Gasteiger partial charge in [-0.15, -0.1) is 0 Å². The van der Waals surface area contributed by atoms with E-state index in [0.29, 0.717) is 10.8 Å². The number of nitrogens with one attached hydrogen (secondary N) is 1. The summed E-state index contributed by atoms with van der Waals surface area (Å²) >= 11 is 5.85. The topological polar surface area (TPSA) is 37.8 Å². The van der Waals surface area contributed by atoms with Crippen LogP contribution in [0.1, 0.15) is 13.3 Å². The molecule has 0 amide bonds. The fourth-order valence-electron chi connectivity index (χ4n) is 1.45. The Bertz CT molecular complexity index is 482. The lowest BCUT2D eigenvalue weighted by atomic mass is 10.2. The van der Waals surface area contributed by atoms with Crippen LogP contribution < -0.4 is 5.32 Å². The Morgan fingerprint density at radius 3 is 2.65 bits per heavy atom. The normalized spacial score (nSPS) is 10.2. The first-order valence-corrected chi connectivity index (χ1v) is 6.00. The zero-order valence-electron chi connectivity index (χ0n) is 9.65. The van der Waals surface area contributed by atoms with E-state index in [4.69, 9.17) is 11.6 Å². The largest absolute Gasteiger partial charge is 0.370 e. The number of hydrogen-bond acceptors (Lipinski definition) is 3. The molecule has 2 rings (SSSR count). The second-order valence-electron chi connectivity index (χ2n) is 3.70. The molecule has 0 spiro atoms. The van der Waals surface area contributed by atoms with Crippen LogP contribution in [0.3, 0.4) is 0 Å². The molecule has 0 saturated carbocycles. The molecule has 88 valence electrons. The van der Waals surface area contributed by atoms with E-state index < -0.39 is 0 Å². The van der Waals surface area contributed by atoms with Crippen LogP contribution in [0, 0.1) is 0 Å². The molecule has 1 N–H and O–H groups in total. The molecule has 2 aromatic rings. The van der Waals surface area contributed by atoms with Crippen LogP contribution in [0.5, 0.6) is 0 Å². The minimum absolute atomic E-state index is 0.711. The number of rotatable bonds is 4. The van der Waals surface area contributed by atoms with Gasteiger partial charge in [-0.25, -0.2) is 9.97 Å². The van der Waals surface area contributed by atoms with E-state index >= 15 is 0 Å². The Kier molecular flexibility index (Phi) is 3.94. The summed E-state index contributed by atoms with van der Waals surface area (Å²) in [4.78, 5) is 8.70. The van der Waals surface area contributed by atoms with Crippen molar-refractivity contribution in [1.82, 2.24) is 9.97 Å². The van der Waals surface area contributed by atoms with Crippen molar-refractivity contribution in [3.05, 3.63) is 41.6 Å². The van der Waals surface area contributed by atoms with E-state index in [1.807, 2.05) is 30.3 Å². The number of anilines is 1. The highest BCUT2D eigenvalue weighted by Crippen LogP contribution is 2.18. The summed E-state index contributed by atoms with van der Waals surface area (Å²) in [6.07, 6.45) is 2.83. The van der Waals surface area contributed by atoms with Gasteiger partial charge in [-0.05, 0) is 36.8 Å². The zero-order chi connectivity index (χ0) is 12.1. The molecule has 0 unspecified atom stereocenters. The monoisotopic (exact) mass is 247 g/mol. The zero-order valence-corrected chi connectivity index (χ0v) is 10.4. The first kappa shape index (κ1) is 11.9. The smallest absolute Gasteiger partial charge is 0.161 e. The molecule has 0 bridgehead atoms. The number of nitrogens with zero attached hydrogens (tertiary/aromatic N) is 2. The fraction of sp³-hybridized carbons (Fsp3) is 0.231. The van der Waals surface area contributed by atoms with E-state index in [1.165, 1.54) is 0 Å². The lowest BCUT2D eigenvalue weighted by molar-refractivity contribution is 0.966. The summed E-state index contributed by atoms with van der Waals surface area (Å²) in [5.74, 6) is 1.56. The van der Waals surface area contributed by atoms with Gasteiger partial charge >= 0.3 is 0 Å². The summed E-state index contributed by atoms with van der Waals surface area (Å²) in [6.45, 7) is 3.03. The molecule has 1 aromatic carbocycles. The summed E-state index contributed by atoms with van der Waals surface area (Å²) in [6, 6.07) is 9.39. The molecule has 17 heavy (non-hydrogen) atoms. The van der Waals surface area contributed by atoms with Gasteiger partial charge in [0, 0.05) is 23.3 Å². The molecule has 0 fully saturated rings. The lowest BCUT2D eigenvalue weighted by Gasteiger charge is -2.05. The van der Waals surface area contributed by atoms with Crippen LogP contribution in [0.4, 0.5) is 5.82 Å². The molecule has 1 heterocycles. The van der Waals surface area contributed by atoms with Gasteiger partial charge in [-0.3, -0.25) is 0 Å². The number of hydrogen-bond donors (Lipinski definition) is 1. The first-order valence-electron chi connectivity index (χ1n) is 5.62. The molecule has 0 atom stereocenters. The van der Waals surface area contributed by atoms with Crippen molar-refractivity contribution < 1.29 is 0 Å². The van der Waals surface area contributed by atoms with Gasteiger partial charge in [0.25, 0.3) is 0 Å². The molecule has 0 radical (unpaired) electrons. The lowest BCUT2D eigenvalue weighted by Crippen LogP contribution is -2.02. The molecular formula is C13H14ClN3. The Hall–Kier alpha value is -1.61. The summed E-state index contributed by atoms with van der Waals surface area (Å²) < 4.78 is 0. The second kappa shape index (κ2) is 5.64. The van der Waals surface area contributed by atoms with Crippen LogP contribution in [0.2, 0.25) is 5.02 Å². The molecule has 1 aromatic heterocycles. The van der Waals surface area contributed by atoms with E-state index in [-0.39, 0.29) is 0 Å². The third-order valence-electron chi connectivity index (χ3n) is 2.31. The Morgan fingerprint density at radius 1 is 1.18 bits per heavy atom. The average Bonchev–Trinajstić information content (AvgIpc) is 2.37. The Morgan fingerprint density at radius 2 is 1.94 bits per heavy atom. The quantitative estimate of drug-likeness (QED) is 0.897. The molecule has 3 nitrogen and oxygen atoms in total. The molecule has 0 aliphatic carbocycles. The average molecular weight is 248 g/mol. The maximum atomic E-state index is 5.85. The number of aromatic nitrogens is 2. The van der Waals surface area contributed by atoms with Crippen molar-refractivity contribution in [1.29, 1.82) is 0 Å². The predicted octanol–water partition coefficient (Wildman–Crippen LogP) is 3.62. The third-order valence-corrected chi connectivity index (χ3v) is 2.57. The van der Waals surface area contributed by atoms with Crippen molar-refractivity contribution in [2.75, 3.05) is 11.9 Å². The van der Waals surface area contributed by atoms with Gasteiger partial charge in [-0.1, -0.05) is 18.5 Å². The fourth-order valence-corrected chi connectivity index (χ4v) is 1.57. The van der Waals surface area contributed by atoms with Crippen molar-refractivity contribution in [2.24, 2.45) is 0 Å². The summed E-state index contributed by atoms with van der Waals surface area (Å²) in [5.41, 5.74) is 0.967. The molecule has 4 heteroatoms. The second-order valence-corrected chi connectivity index (χ2v) is 4.14. The van der Waals surface area contributed by atoms with Crippen molar-refractivity contribution in [2.45, 2.75) is 13.3 Å². The van der Waals surface area contributed by atoms with Gasteiger partial charge in [-0.2, -0.15) is 0 Å². The van der Waals surface area contributed by atoms with Crippen LogP contribution in [0.25, 0.3) is 11.4 Å². The molecule has 0 saturated heterocycles. The van der Waals surface area contributed by atoms with Gasteiger partial charge < -0.3 is 5.32 Å². The van der Waals surface area contributed by atoms with Crippen molar-refractivity contribution >= 4 is 17.4 Å². The van der Waals surface area contributed by atoms with E-state index in [2.05, 4.69) is 22.2 Å². The highest BCUT2D eigenvalue weighted by molar-refractivity contribution is 6.30. The third kappa shape index (κ3) is 3.17. The van der Waals surface area contributed by atoms with E-state index in [1.54, 1.807) is 6.20 Å². The van der Waals surface area contributed by atoms with Crippen molar-refractivity contribution in [3.63, 3.8) is 0 Å². The first-order chi connectivity index (χ1) is 8.29. The Balaban J connectivity index is 2.23. The summed E-state index contributed by atoms with van der Waals surface area (Å²) in [5, 5.41) is 3.96. The van der Waals surface area contributed by atoms with Crippen molar-refractivity contribution in [3.8, 4) is 11.4 Å². The van der Waals surface area contributed by atoms with Gasteiger partial charge in [0.1, 0.15) is 5.82 Å². The van der Waals surface area contributed by atoms with Gasteiger partial charge in [0.2, 0.25) is 0 Å². The highest BCUT2D eigenvalue weighted by Gasteiger charge is 2.02. The van der Waals surface area contributed by atoms with Crippen LogP contribution in [0.15, 0.2) is 36.5 Å². The SMILES string of the molecule is CCCNc1ccnc(-c2ccc(Cl)cc2)n1. The standard InChI is InChI=1S/C13H14ClN3/c1-2-8-15-12-7-9-16-13(17-12)10-3-5-11(14)6-4-10/h3-7,9H,2,8H2,1H3,(H,15,16,17). The number of halogens is 1. The molecule has 0 aliphatic heterocycles. The minimum Gasteiger partial charge on any atom is -0.370 e. The van der Waals surface area contributed by atoms with Gasteiger partial charge in [0.05, 0.1) is 0 Å². The van der Waals surface area contributed by atoms with Gasteiger partial charge in [0.15, 0.2) is 5.82 Å². The maximum absolute atomic E-state index is 5.85. The van der Waals surface area contributed by atoms with Crippen LogP contribution >= 0.6 is 11.6 Å².